The van der Waals surface area contributed by atoms with Gasteiger partial charge in [0.05, 0.1) is 26.2 Å². The van der Waals surface area contributed by atoms with Crippen LogP contribution in [0.5, 0.6) is 0 Å². The highest BCUT2D eigenvalue weighted by Gasteiger charge is 2.13. The lowest BCUT2D eigenvalue weighted by molar-refractivity contribution is -0.142. The van der Waals surface area contributed by atoms with E-state index < -0.39 is 0 Å². The molecule has 0 aromatic rings. The van der Waals surface area contributed by atoms with Crippen LogP contribution in [0.1, 0.15) is 38.5 Å². The second-order valence-electron chi connectivity index (χ2n) is 3.46. The molecule has 0 N–H and O–H groups in total. The molecular formula is C10H18O3. The molecule has 1 rings (SSSR count). The molecule has 0 bridgehead atoms. The average Bonchev–Trinajstić information content (AvgIpc) is 2.19. The molecule has 13 heavy (non-hydrogen) atoms. The molecule has 0 unspecified atom stereocenters. The Balaban J connectivity index is 2.01. The Labute approximate surface area is 79.4 Å². The van der Waals surface area contributed by atoms with Crippen LogP contribution in [0.25, 0.3) is 0 Å². The first-order chi connectivity index (χ1) is 6.33. The molecule has 1 aliphatic carbocycles. The molecule has 0 amide bonds. The lowest BCUT2D eigenvalue weighted by Gasteiger charge is -2.21. The standard InChI is InChI=1S/C10H18O3/c1-12-10(11)7-8-13-9-5-3-2-4-6-9/h9H,2-8H2,1H3. The van der Waals surface area contributed by atoms with Crippen LogP contribution < -0.4 is 0 Å². The molecule has 0 aliphatic heterocycles. The summed E-state index contributed by atoms with van der Waals surface area (Å²) in [5.41, 5.74) is 0. The zero-order valence-electron chi connectivity index (χ0n) is 8.25. The van der Waals surface area contributed by atoms with Gasteiger partial charge in [0.1, 0.15) is 0 Å². The van der Waals surface area contributed by atoms with Crippen LogP contribution >= 0.6 is 0 Å². The Kier molecular flexibility index (Phi) is 4.83. The van der Waals surface area contributed by atoms with Crippen molar-refractivity contribution in [1.82, 2.24) is 0 Å². The summed E-state index contributed by atoms with van der Waals surface area (Å²) < 4.78 is 10.1. The first-order valence-electron chi connectivity index (χ1n) is 5.01. The van der Waals surface area contributed by atoms with E-state index in [1.807, 2.05) is 0 Å². The van der Waals surface area contributed by atoms with E-state index in [1.54, 1.807) is 0 Å². The molecular weight excluding hydrogens is 168 g/mol. The van der Waals surface area contributed by atoms with Crippen LogP contribution in [0, 0.1) is 0 Å². The topological polar surface area (TPSA) is 35.5 Å². The molecule has 1 aliphatic rings. The van der Waals surface area contributed by atoms with Crippen LogP contribution in [0.4, 0.5) is 0 Å². The number of carbonyl (C=O) groups is 1. The lowest BCUT2D eigenvalue weighted by Crippen LogP contribution is -2.18. The van der Waals surface area contributed by atoms with Gasteiger partial charge < -0.3 is 9.47 Å². The quantitative estimate of drug-likeness (QED) is 0.629. The number of carbonyl (C=O) groups excluding carboxylic acids is 1. The van der Waals surface area contributed by atoms with E-state index >= 15 is 0 Å². The Morgan fingerprint density at radius 3 is 2.62 bits per heavy atom. The summed E-state index contributed by atoms with van der Waals surface area (Å²) in [7, 11) is 1.41. The fraction of sp³-hybridized carbons (Fsp3) is 0.900. The van der Waals surface area contributed by atoms with Gasteiger partial charge in [-0.2, -0.15) is 0 Å². The third-order valence-corrected chi connectivity index (χ3v) is 2.44. The highest BCUT2D eigenvalue weighted by Crippen LogP contribution is 2.20. The fourth-order valence-electron chi connectivity index (χ4n) is 1.64. The highest BCUT2D eigenvalue weighted by atomic mass is 16.5. The van der Waals surface area contributed by atoms with Gasteiger partial charge in [-0.05, 0) is 12.8 Å². The maximum Gasteiger partial charge on any atom is 0.307 e. The van der Waals surface area contributed by atoms with Gasteiger partial charge in [-0.3, -0.25) is 4.79 Å². The molecule has 0 spiro atoms. The predicted octanol–water partition coefficient (Wildman–Crippen LogP) is 1.90. The number of hydrogen-bond acceptors (Lipinski definition) is 3. The Hall–Kier alpha value is -0.570. The summed E-state index contributed by atoms with van der Waals surface area (Å²) in [6.45, 7) is 0.511. The summed E-state index contributed by atoms with van der Waals surface area (Å²) in [5.74, 6) is -0.184. The minimum Gasteiger partial charge on any atom is -0.469 e. The van der Waals surface area contributed by atoms with Crippen LogP contribution in [0.2, 0.25) is 0 Å². The van der Waals surface area contributed by atoms with Crippen molar-refractivity contribution in [3.8, 4) is 0 Å². The summed E-state index contributed by atoms with van der Waals surface area (Å²) in [6, 6.07) is 0. The first-order valence-corrected chi connectivity index (χ1v) is 5.01. The molecule has 76 valence electrons. The van der Waals surface area contributed by atoms with Crippen molar-refractivity contribution in [2.24, 2.45) is 0 Å². The van der Waals surface area contributed by atoms with Crippen molar-refractivity contribution in [2.45, 2.75) is 44.6 Å². The average molecular weight is 186 g/mol. The highest BCUT2D eigenvalue weighted by molar-refractivity contribution is 5.69. The van der Waals surface area contributed by atoms with E-state index in [-0.39, 0.29) is 5.97 Å². The SMILES string of the molecule is COC(=O)CCOC1CCCCC1. The van der Waals surface area contributed by atoms with Crippen LogP contribution in [0.15, 0.2) is 0 Å². The van der Waals surface area contributed by atoms with Gasteiger partial charge in [0, 0.05) is 0 Å². The maximum atomic E-state index is 10.8. The number of rotatable bonds is 4. The van der Waals surface area contributed by atoms with Gasteiger partial charge in [-0.1, -0.05) is 19.3 Å². The molecule has 0 aromatic carbocycles. The molecule has 0 atom stereocenters. The van der Waals surface area contributed by atoms with Gasteiger partial charge in [0.15, 0.2) is 0 Å². The minimum atomic E-state index is -0.184. The van der Waals surface area contributed by atoms with Gasteiger partial charge in [-0.15, -0.1) is 0 Å². The molecule has 1 saturated carbocycles. The normalized spacial score (nSPS) is 18.5. The monoisotopic (exact) mass is 186 g/mol. The summed E-state index contributed by atoms with van der Waals surface area (Å²) in [5, 5.41) is 0. The number of esters is 1. The third-order valence-electron chi connectivity index (χ3n) is 2.44. The van der Waals surface area contributed by atoms with Crippen molar-refractivity contribution >= 4 is 5.97 Å². The zero-order valence-corrected chi connectivity index (χ0v) is 8.25. The molecule has 3 nitrogen and oxygen atoms in total. The third kappa shape index (κ3) is 4.27. The molecule has 0 saturated heterocycles. The lowest BCUT2D eigenvalue weighted by atomic mass is 9.98. The molecule has 0 radical (unpaired) electrons. The molecule has 0 aromatic heterocycles. The van der Waals surface area contributed by atoms with Crippen molar-refractivity contribution in [2.75, 3.05) is 13.7 Å². The van der Waals surface area contributed by atoms with Gasteiger partial charge in [0.25, 0.3) is 0 Å². The van der Waals surface area contributed by atoms with E-state index in [1.165, 1.54) is 26.4 Å². The summed E-state index contributed by atoms with van der Waals surface area (Å²) in [6.07, 6.45) is 6.94. The summed E-state index contributed by atoms with van der Waals surface area (Å²) in [4.78, 5) is 10.8. The van der Waals surface area contributed by atoms with Crippen molar-refractivity contribution in [3.63, 3.8) is 0 Å². The second kappa shape index (κ2) is 5.97. The predicted molar refractivity (Wildman–Crippen MR) is 49.5 cm³/mol. The van der Waals surface area contributed by atoms with Gasteiger partial charge >= 0.3 is 5.97 Å². The van der Waals surface area contributed by atoms with E-state index in [0.717, 1.165) is 12.8 Å². The molecule has 0 heterocycles. The number of methoxy groups -OCH3 is 1. The number of ether oxygens (including phenoxy) is 2. The maximum absolute atomic E-state index is 10.8. The van der Waals surface area contributed by atoms with Gasteiger partial charge in [0.2, 0.25) is 0 Å². The van der Waals surface area contributed by atoms with Crippen molar-refractivity contribution < 1.29 is 14.3 Å². The Morgan fingerprint density at radius 2 is 2.00 bits per heavy atom. The zero-order chi connectivity index (χ0) is 9.52. The van der Waals surface area contributed by atoms with Crippen LogP contribution in [0.3, 0.4) is 0 Å². The van der Waals surface area contributed by atoms with Crippen LogP contribution in [-0.4, -0.2) is 25.8 Å². The Morgan fingerprint density at radius 1 is 1.31 bits per heavy atom. The molecule has 3 heteroatoms. The smallest absolute Gasteiger partial charge is 0.307 e. The van der Waals surface area contributed by atoms with E-state index in [9.17, 15) is 4.79 Å². The Bertz CT molecular complexity index is 150. The van der Waals surface area contributed by atoms with Crippen LogP contribution in [-0.2, 0) is 14.3 Å². The van der Waals surface area contributed by atoms with Gasteiger partial charge in [-0.25, -0.2) is 0 Å². The number of hydrogen-bond donors (Lipinski definition) is 0. The van der Waals surface area contributed by atoms with E-state index in [2.05, 4.69) is 4.74 Å². The largest absolute Gasteiger partial charge is 0.469 e. The molecule has 1 fully saturated rings. The fourth-order valence-corrected chi connectivity index (χ4v) is 1.64. The van der Waals surface area contributed by atoms with E-state index in [0.29, 0.717) is 19.1 Å². The van der Waals surface area contributed by atoms with E-state index in [4.69, 9.17) is 4.74 Å². The van der Waals surface area contributed by atoms with Crippen molar-refractivity contribution in [1.29, 1.82) is 0 Å². The summed E-state index contributed by atoms with van der Waals surface area (Å²) >= 11 is 0. The second-order valence-corrected chi connectivity index (χ2v) is 3.46. The van der Waals surface area contributed by atoms with Crippen molar-refractivity contribution in [3.05, 3.63) is 0 Å². The first kappa shape index (κ1) is 10.5. The minimum absolute atomic E-state index is 0.184.